The molecule has 152 valence electrons. The molecule has 0 atom stereocenters. The molecule has 1 heterocycles. The summed E-state index contributed by atoms with van der Waals surface area (Å²) in [5, 5.41) is 5.45. The van der Waals surface area contributed by atoms with Gasteiger partial charge in [-0.05, 0) is 37.3 Å². The molecule has 0 spiro atoms. The van der Waals surface area contributed by atoms with Crippen molar-refractivity contribution in [2.24, 2.45) is 0 Å². The van der Waals surface area contributed by atoms with Gasteiger partial charge in [-0.1, -0.05) is 17.7 Å². The third kappa shape index (κ3) is 6.32. The van der Waals surface area contributed by atoms with Gasteiger partial charge in [0, 0.05) is 24.3 Å². The number of hydrogen-bond acceptors (Lipinski definition) is 7. The summed E-state index contributed by atoms with van der Waals surface area (Å²) in [6.45, 7) is 1.86. The number of nitrogens with one attached hydrogen (secondary N) is 2. The molecule has 0 bridgehead atoms. The standard InChI is InChI=1S/C20H19ClFN3O4/c1-3-29-19(26)14(17-6-4-5-9-23-17)11-25-18(20(27)28-2)12-24-13-7-8-16(22)15(21)10-13/h4-12,24-25H,3H2,1-2H3/b14-11-,18-12+. The maximum absolute atomic E-state index is 13.3. The highest BCUT2D eigenvalue weighted by Crippen LogP contribution is 2.19. The van der Waals surface area contributed by atoms with E-state index in [2.05, 4.69) is 15.6 Å². The van der Waals surface area contributed by atoms with E-state index < -0.39 is 17.8 Å². The quantitative estimate of drug-likeness (QED) is 0.500. The summed E-state index contributed by atoms with van der Waals surface area (Å²) in [6.07, 6.45) is 4.12. The Morgan fingerprint density at radius 2 is 2.00 bits per heavy atom. The molecule has 0 aliphatic heterocycles. The molecule has 0 aliphatic carbocycles. The van der Waals surface area contributed by atoms with E-state index in [1.165, 1.54) is 43.9 Å². The highest BCUT2D eigenvalue weighted by molar-refractivity contribution is 6.31. The summed E-state index contributed by atoms with van der Waals surface area (Å²) < 4.78 is 23.0. The second-order valence-corrected chi connectivity index (χ2v) is 5.87. The van der Waals surface area contributed by atoms with Gasteiger partial charge in [-0.2, -0.15) is 0 Å². The molecule has 1 aromatic heterocycles. The fraction of sp³-hybridized carbons (Fsp3) is 0.150. The van der Waals surface area contributed by atoms with E-state index in [1.807, 2.05) is 0 Å². The van der Waals surface area contributed by atoms with Crippen LogP contribution in [0.5, 0.6) is 0 Å². The molecular weight excluding hydrogens is 401 g/mol. The summed E-state index contributed by atoms with van der Waals surface area (Å²) in [4.78, 5) is 28.5. The number of benzene rings is 1. The van der Waals surface area contributed by atoms with E-state index >= 15 is 0 Å². The maximum Gasteiger partial charge on any atom is 0.355 e. The first-order valence-corrected chi connectivity index (χ1v) is 8.89. The van der Waals surface area contributed by atoms with Crippen LogP contribution in [0.1, 0.15) is 12.6 Å². The number of carbonyl (C=O) groups excluding carboxylic acids is 2. The number of pyridine rings is 1. The van der Waals surface area contributed by atoms with Crippen LogP contribution in [0.3, 0.4) is 0 Å². The van der Waals surface area contributed by atoms with Gasteiger partial charge in [0.05, 0.1) is 24.4 Å². The Labute approximate surface area is 172 Å². The van der Waals surface area contributed by atoms with Crippen molar-refractivity contribution in [3.8, 4) is 0 Å². The van der Waals surface area contributed by atoms with E-state index in [9.17, 15) is 14.0 Å². The Balaban J connectivity index is 2.29. The van der Waals surface area contributed by atoms with Crippen LogP contribution in [0.25, 0.3) is 5.57 Å². The van der Waals surface area contributed by atoms with Crippen molar-refractivity contribution in [2.45, 2.75) is 6.92 Å². The molecule has 0 saturated heterocycles. The number of methoxy groups -OCH3 is 1. The van der Waals surface area contributed by atoms with Gasteiger partial charge in [0.25, 0.3) is 0 Å². The monoisotopic (exact) mass is 419 g/mol. The molecule has 0 saturated carbocycles. The zero-order chi connectivity index (χ0) is 21.2. The molecule has 0 unspecified atom stereocenters. The minimum absolute atomic E-state index is 0.0225. The van der Waals surface area contributed by atoms with Gasteiger partial charge >= 0.3 is 11.9 Å². The van der Waals surface area contributed by atoms with Crippen molar-refractivity contribution < 1.29 is 23.5 Å². The normalized spacial score (nSPS) is 11.6. The number of halogens is 2. The molecule has 2 rings (SSSR count). The van der Waals surface area contributed by atoms with E-state index in [4.69, 9.17) is 21.1 Å². The molecule has 0 aliphatic rings. The summed E-state index contributed by atoms with van der Waals surface area (Å²) in [5.74, 6) is -1.88. The predicted octanol–water partition coefficient (Wildman–Crippen LogP) is 3.49. The highest BCUT2D eigenvalue weighted by Gasteiger charge is 2.16. The van der Waals surface area contributed by atoms with Gasteiger partial charge in [-0.3, -0.25) is 4.98 Å². The number of nitrogens with zero attached hydrogens (tertiary/aromatic N) is 1. The maximum atomic E-state index is 13.3. The molecule has 7 nitrogen and oxygen atoms in total. The Hall–Kier alpha value is -3.39. The molecule has 2 aromatic rings. The largest absolute Gasteiger partial charge is 0.464 e. The summed E-state index contributed by atoms with van der Waals surface area (Å²) in [5.41, 5.74) is 0.901. The Morgan fingerprint density at radius 1 is 1.21 bits per heavy atom. The predicted molar refractivity (Wildman–Crippen MR) is 107 cm³/mol. The van der Waals surface area contributed by atoms with E-state index in [-0.39, 0.29) is 22.9 Å². The van der Waals surface area contributed by atoms with Crippen molar-refractivity contribution >= 4 is 34.8 Å². The average Bonchev–Trinajstić information content (AvgIpc) is 2.73. The minimum Gasteiger partial charge on any atom is -0.464 e. The lowest BCUT2D eigenvalue weighted by Crippen LogP contribution is -2.20. The molecular formula is C20H19ClFN3O4. The topological polar surface area (TPSA) is 89.6 Å². The molecule has 2 N–H and O–H groups in total. The van der Waals surface area contributed by atoms with Gasteiger partial charge in [-0.25, -0.2) is 14.0 Å². The number of hydrogen-bond donors (Lipinski definition) is 2. The lowest BCUT2D eigenvalue weighted by molar-refractivity contribution is -0.137. The Kier molecular flexibility index (Phi) is 8.17. The number of rotatable bonds is 8. The molecule has 9 heteroatoms. The SMILES string of the molecule is CCOC(=O)/C(=C\N/C(=C/Nc1ccc(F)c(Cl)c1)C(=O)OC)c1ccccn1. The first kappa shape index (κ1) is 21.9. The molecule has 1 aromatic carbocycles. The summed E-state index contributed by atoms with van der Waals surface area (Å²) in [6, 6.07) is 9.04. The van der Waals surface area contributed by atoms with Gasteiger partial charge in [0.2, 0.25) is 0 Å². The average molecular weight is 420 g/mol. The number of ether oxygens (including phenoxy) is 2. The third-order valence-electron chi connectivity index (χ3n) is 3.52. The Bertz CT molecular complexity index is 933. The van der Waals surface area contributed by atoms with Crippen molar-refractivity contribution in [1.29, 1.82) is 0 Å². The van der Waals surface area contributed by atoms with E-state index in [0.717, 1.165) is 0 Å². The lowest BCUT2D eigenvalue weighted by Gasteiger charge is -2.10. The molecule has 0 amide bonds. The van der Waals surface area contributed by atoms with Crippen LogP contribution in [0, 0.1) is 5.82 Å². The zero-order valence-electron chi connectivity index (χ0n) is 15.7. The summed E-state index contributed by atoms with van der Waals surface area (Å²) in [7, 11) is 1.21. The highest BCUT2D eigenvalue weighted by atomic mass is 35.5. The number of esters is 2. The van der Waals surface area contributed by atoms with Crippen LogP contribution < -0.4 is 10.6 Å². The second-order valence-electron chi connectivity index (χ2n) is 5.46. The van der Waals surface area contributed by atoms with Crippen molar-refractivity contribution in [3.05, 3.63) is 77.2 Å². The van der Waals surface area contributed by atoms with Crippen LogP contribution in [-0.2, 0) is 19.1 Å². The summed E-state index contributed by atoms with van der Waals surface area (Å²) >= 11 is 5.74. The third-order valence-corrected chi connectivity index (χ3v) is 3.81. The minimum atomic E-state index is -0.703. The van der Waals surface area contributed by atoms with Crippen LogP contribution in [0.2, 0.25) is 5.02 Å². The number of aromatic nitrogens is 1. The Morgan fingerprint density at radius 3 is 2.62 bits per heavy atom. The number of carbonyl (C=O) groups is 2. The molecule has 0 radical (unpaired) electrons. The fourth-order valence-electron chi connectivity index (χ4n) is 2.13. The lowest BCUT2D eigenvalue weighted by atomic mass is 10.2. The van der Waals surface area contributed by atoms with Crippen molar-refractivity contribution in [1.82, 2.24) is 10.3 Å². The van der Waals surface area contributed by atoms with Crippen LogP contribution in [0.15, 0.2) is 60.7 Å². The van der Waals surface area contributed by atoms with Crippen molar-refractivity contribution in [2.75, 3.05) is 19.0 Å². The first-order valence-electron chi connectivity index (χ1n) is 8.51. The van der Waals surface area contributed by atoms with Gasteiger partial charge < -0.3 is 20.1 Å². The second kappa shape index (κ2) is 10.8. The van der Waals surface area contributed by atoms with Crippen molar-refractivity contribution in [3.63, 3.8) is 0 Å². The van der Waals surface area contributed by atoms with Gasteiger partial charge in [0.15, 0.2) is 0 Å². The molecule has 29 heavy (non-hydrogen) atoms. The van der Waals surface area contributed by atoms with E-state index in [0.29, 0.717) is 11.4 Å². The van der Waals surface area contributed by atoms with E-state index in [1.54, 1.807) is 25.1 Å². The number of anilines is 1. The first-order chi connectivity index (χ1) is 14.0. The zero-order valence-corrected chi connectivity index (χ0v) is 16.5. The van der Waals surface area contributed by atoms with Crippen LogP contribution in [0.4, 0.5) is 10.1 Å². The smallest absolute Gasteiger partial charge is 0.355 e. The van der Waals surface area contributed by atoms with Crippen LogP contribution in [-0.4, -0.2) is 30.6 Å². The van der Waals surface area contributed by atoms with Crippen LogP contribution >= 0.6 is 11.6 Å². The fourth-order valence-corrected chi connectivity index (χ4v) is 2.31. The molecule has 0 fully saturated rings. The van der Waals surface area contributed by atoms with Gasteiger partial charge in [-0.15, -0.1) is 0 Å². The van der Waals surface area contributed by atoms with Gasteiger partial charge in [0.1, 0.15) is 17.1 Å².